The van der Waals surface area contributed by atoms with E-state index in [1.54, 1.807) is 19.1 Å². The van der Waals surface area contributed by atoms with Crippen molar-refractivity contribution in [3.63, 3.8) is 0 Å². The smallest absolute Gasteiger partial charge is 0.325 e. The van der Waals surface area contributed by atoms with Crippen molar-refractivity contribution >= 4 is 39.5 Å². The molecule has 0 aromatic heterocycles. The molecule has 2 aromatic rings. The number of hydrogen-bond acceptors (Lipinski definition) is 4. The normalized spacial score (nSPS) is 21.3. The minimum absolute atomic E-state index is 0.0844. The van der Waals surface area contributed by atoms with Gasteiger partial charge in [0.05, 0.1) is 11.6 Å². The van der Waals surface area contributed by atoms with Gasteiger partial charge in [0.2, 0.25) is 6.79 Å². The molecule has 1 fully saturated rings. The summed E-state index contributed by atoms with van der Waals surface area (Å²) in [6.45, 7) is 1.88. The van der Waals surface area contributed by atoms with E-state index in [1.165, 1.54) is 4.90 Å². The lowest BCUT2D eigenvalue weighted by atomic mass is 9.92. The Morgan fingerprint density at radius 2 is 2.04 bits per heavy atom. The molecule has 1 N–H and O–H groups in total. The van der Waals surface area contributed by atoms with Gasteiger partial charge in [0.25, 0.3) is 5.91 Å². The van der Waals surface area contributed by atoms with Crippen LogP contribution in [0.1, 0.15) is 18.1 Å². The van der Waals surface area contributed by atoms with E-state index in [0.29, 0.717) is 27.6 Å². The number of nitrogens with zero attached hydrogens (tertiary/aromatic N) is 1. The second kappa shape index (κ2) is 6.17. The molecule has 0 spiro atoms. The molecule has 0 radical (unpaired) electrons. The predicted molar refractivity (Wildman–Crippen MR) is 98.2 cm³/mol. The number of hydrogen-bond donors (Lipinski definition) is 1. The quantitative estimate of drug-likeness (QED) is 0.742. The number of amides is 3. The highest BCUT2D eigenvalue weighted by molar-refractivity contribution is 9.10. The molecular weight excluding hydrogens is 424 g/mol. The fourth-order valence-corrected chi connectivity index (χ4v) is 4.15. The number of nitrogens with one attached hydrogen (secondary N) is 1. The molecule has 0 bridgehead atoms. The summed E-state index contributed by atoms with van der Waals surface area (Å²) in [5.41, 5.74) is 0.237. The highest BCUT2D eigenvalue weighted by atomic mass is 79.9. The molecule has 2 aromatic carbocycles. The third-order valence-electron chi connectivity index (χ3n) is 4.52. The van der Waals surface area contributed by atoms with Gasteiger partial charge in [0, 0.05) is 10.0 Å². The summed E-state index contributed by atoms with van der Waals surface area (Å²) in [5.74, 6) is 0.655. The maximum absolute atomic E-state index is 13.0. The van der Waals surface area contributed by atoms with Crippen LogP contribution in [-0.4, -0.2) is 23.6 Å². The van der Waals surface area contributed by atoms with E-state index in [1.807, 2.05) is 24.3 Å². The lowest BCUT2D eigenvalue weighted by Crippen LogP contribution is -2.41. The van der Waals surface area contributed by atoms with Crippen LogP contribution in [0, 0.1) is 0 Å². The minimum Gasteiger partial charge on any atom is -0.454 e. The van der Waals surface area contributed by atoms with Crippen LogP contribution >= 0.6 is 27.5 Å². The number of carbonyl (C=O) groups is 2. The summed E-state index contributed by atoms with van der Waals surface area (Å²) in [4.78, 5) is 26.7. The van der Waals surface area contributed by atoms with Crippen molar-refractivity contribution in [3.05, 3.63) is 57.0 Å². The maximum Gasteiger partial charge on any atom is 0.325 e. The van der Waals surface area contributed by atoms with Gasteiger partial charge in [0.15, 0.2) is 11.5 Å². The van der Waals surface area contributed by atoms with E-state index in [4.69, 9.17) is 21.1 Å². The van der Waals surface area contributed by atoms with Crippen molar-refractivity contribution in [2.75, 3.05) is 6.79 Å². The molecule has 1 unspecified atom stereocenters. The number of fused-ring (bicyclic) bond motifs is 1. The number of rotatable bonds is 3. The second-order valence-electron chi connectivity index (χ2n) is 6.24. The largest absolute Gasteiger partial charge is 0.454 e. The zero-order valence-electron chi connectivity index (χ0n) is 13.7. The Morgan fingerprint density at radius 1 is 1.27 bits per heavy atom. The minimum atomic E-state index is -1.14. The van der Waals surface area contributed by atoms with Gasteiger partial charge in [-0.2, -0.15) is 0 Å². The summed E-state index contributed by atoms with van der Waals surface area (Å²) in [6, 6.07) is 10.3. The molecular formula is C18H14BrClN2O4. The van der Waals surface area contributed by atoms with Crippen molar-refractivity contribution in [3.8, 4) is 11.5 Å². The zero-order chi connectivity index (χ0) is 18.5. The monoisotopic (exact) mass is 436 g/mol. The van der Waals surface area contributed by atoms with Gasteiger partial charge in [-0.15, -0.1) is 0 Å². The first-order chi connectivity index (χ1) is 12.4. The molecule has 2 aliphatic heterocycles. The SMILES string of the molecule is CC1(c2ccccc2Br)NC(=O)N(Cc2cc(Cl)c3c(c2)OCO3)C1=O. The van der Waals surface area contributed by atoms with Crippen LogP contribution in [0.4, 0.5) is 4.79 Å². The summed E-state index contributed by atoms with van der Waals surface area (Å²) >= 11 is 9.64. The van der Waals surface area contributed by atoms with E-state index >= 15 is 0 Å². The molecule has 26 heavy (non-hydrogen) atoms. The Kier molecular flexibility index (Phi) is 4.08. The first kappa shape index (κ1) is 17.2. The van der Waals surface area contributed by atoms with Gasteiger partial charge in [-0.05, 0) is 30.7 Å². The average molecular weight is 438 g/mol. The number of urea groups is 1. The second-order valence-corrected chi connectivity index (χ2v) is 7.50. The summed E-state index contributed by atoms with van der Waals surface area (Å²) in [6.07, 6.45) is 0. The molecule has 1 atom stereocenters. The van der Waals surface area contributed by atoms with Gasteiger partial charge in [-0.25, -0.2) is 4.79 Å². The van der Waals surface area contributed by atoms with Crippen LogP contribution in [0.25, 0.3) is 0 Å². The Morgan fingerprint density at radius 3 is 2.81 bits per heavy atom. The standard InChI is InChI=1S/C18H14BrClN2O4/c1-18(11-4-2-3-5-12(11)19)16(23)22(17(24)21-18)8-10-6-13(20)15-14(7-10)25-9-26-15/h2-7H,8-9H2,1H3,(H,21,24). The van der Waals surface area contributed by atoms with Gasteiger partial charge in [0.1, 0.15) is 5.54 Å². The Hall–Kier alpha value is -2.25. The van der Waals surface area contributed by atoms with Crippen LogP contribution in [-0.2, 0) is 16.9 Å². The molecule has 0 saturated carbocycles. The van der Waals surface area contributed by atoms with Crippen LogP contribution in [0.2, 0.25) is 5.02 Å². The first-order valence-electron chi connectivity index (χ1n) is 7.87. The van der Waals surface area contributed by atoms with Crippen LogP contribution in [0.15, 0.2) is 40.9 Å². The van der Waals surface area contributed by atoms with Crippen LogP contribution in [0.5, 0.6) is 11.5 Å². The molecule has 4 rings (SSSR count). The third-order valence-corrected chi connectivity index (χ3v) is 5.49. The molecule has 0 aliphatic carbocycles. The van der Waals surface area contributed by atoms with E-state index in [2.05, 4.69) is 21.2 Å². The van der Waals surface area contributed by atoms with Gasteiger partial charge >= 0.3 is 6.03 Å². The molecule has 2 aliphatic rings. The lowest BCUT2D eigenvalue weighted by Gasteiger charge is -2.23. The van der Waals surface area contributed by atoms with E-state index in [9.17, 15) is 9.59 Å². The number of halogens is 2. The Bertz CT molecular complexity index is 935. The highest BCUT2D eigenvalue weighted by Crippen LogP contribution is 2.41. The van der Waals surface area contributed by atoms with Crippen LogP contribution < -0.4 is 14.8 Å². The summed E-state index contributed by atoms with van der Waals surface area (Å²) < 4.78 is 11.4. The van der Waals surface area contributed by atoms with E-state index in [0.717, 1.165) is 4.47 Å². The third kappa shape index (κ3) is 2.62. The molecule has 6 nitrogen and oxygen atoms in total. The molecule has 3 amide bonds. The average Bonchev–Trinajstić information content (AvgIpc) is 3.15. The summed E-state index contributed by atoms with van der Waals surface area (Å²) in [7, 11) is 0. The Labute approximate surface area is 163 Å². The van der Waals surface area contributed by atoms with Crippen molar-refractivity contribution in [2.24, 2.45) is 0 Å². The van der Waals surface area contributed by atoms with Crippen LogP contribution in [0.3, 0.4) is 0 Å². The van der Waals surface area contributed by atoms with Gasteiger partial charge in [-0.1, -0.05) is 45.7 Å². The number of carbonyl (C=O) groups excluding carboxylic acids is 2. The maximum atomic E-state index is 13.0. The van der Waals surface area contributed by atoms with E-state index in [-0.39, 0.29) is 19.2 Å². The first-order valence-corrected chi connectivity index (χ1v) is 9.04. The molecule has 2 heterocycles. The van der Waals surface area contributed by atoms with Crippen molar-refractivity contribution < 1.29 is 19.1 Å². The fourth-order valence-electron chi connectivity index (χ4n) is 3.18. The summed E-state index contributed by atoms with van der Waals surface area (Å²) in [5, 5.41) is 3.18. The topological polar surface area (TPSA) is 67.9 Å². The van der Waals surface area contributed by atoms with Crippen molar-refractivity contribution in [2.45, 2.75) is 19.0 Å². The Balaban J connectivity index is 1.65. The zero-order valence-corrected chi connectivity index (χ0v) is 16.1. The molecule has 8 heteroatoms. The van der Waals surface area contributed by atoms with Gasteiger partial charge < -0.3 is 14.8 Å². The fraction of sp³-hybridized carbons (Fsp3) is 0.222. The number of benzene rings is 2. The van der Waals surface area contributed by atoms with Crippen molar-refractivity contribution in [1.29, 1.82) is 0 Å². The lowest BCUT2D eigenvalue weighted by molar-refractivity contribution is -0.131. The highest BCUT2D eigenvalue weighted by Gasteiger charge is 2.49. The van der Waals surface area contributed by atoms with E-state index < -0.39 is 11.6 Å². The number of imide groups is 1. The molecule has 1 saturated heterocycles. The predicted octanol–water partition coefficient (Wildman–Crippen LogP) is 3.80. The van der Waals surface area contributed by atoms with Gasteiger partial charge in [-0.3, -0.25) is 9.69 Å². The molecule has 134 valence electrons. The number of ether oxygens (including phenoxy) is 2. The van der Waals surface area contributed by atoms with Crippen molar-refractivity contribution in [1.82, 2.24) is 10.2 Å².